The third kappa shape index (κ3) is 9.19. The first-order valence-corrected chi connectivity index (χ1v) is 30.2. The zero-order valence-electron chi connectivity index (χ0n) is 59.4. The molecule has 2 aliphatic rings. The number of hydrogen-bond acceptors (Lipinski definition) is 2. The fourth-order valence-electron chi connectivity index (χ4n) is 13.1. The van der Waals surface area contributed by atoms with Crippen LogP contribution in [0.25, 0.3) is 72.0 Å². The van der Waals surface area contributed by atoms with Crippen LogP contribution in [0.1, 0.15) is 116 Å². The molecular formula is C82H76BN3. The Balaban J connectivity index is 1.22. The summed E-state index contributed by atoms with van der Waals surface area (Å²) in [6.45, 7) is 26.9. The van der Waals surface area contributed by atoms with E-state index >= 15 is 0 Å². The Morgan fingerprint density at radius 3 is 1.02 bits per heavy atom. The first-order valence-electron chi connectivity index (χ1n) is 34.2. The highest BCUT2D eigenvalue weighted by Gasteiger charge is 2.46. The average Bonchev–Trinajstić information content (AvgIpc) is 0.871. The standard InChI is InChI=1S/C82H76BN3/c1-79(2,3)57-41-43-68-72(49-57)85(77-64(53-29-17-13-18-30-53)45-58(80(4,5)6)46-65(77)54-31-19-14-20-32-54)74-50-60(82(10,11)12)51-75-76(74)83(68)69-44-42-61(84-70-39-27-25-37-62(70)63-38-26-28-40-71(63)84)52-73(69)86(75)78-66(55-33-21-15-22-34-55)47-59(81(7,8)9)48-67(78)56-35-23-16-24-36-56/h13-52H,1-12H3/i25D,26D,27D,28D,37D,38D,39D,40D. The zero-order chi connectivity index (χ0) is 66.6. The molecule has 2 aliphatic heterocycles. The predicted octanol–water partition coefficient (Wildman–Crippen LogP) is 20.7. The van der Waals surface area contributed by atoms with E-state index in [0.29, 0.717) is 5.69 Å². The molecule has 0 bridgehead atoms. The van der Waals surface area contributed by atoms with Gasteiger partial charge in [-0.15, -0.1) is 0 Å². The van der Waals surface area contributed by atoms with Crippen LogP contribution in [0.3, 0.4) is 0 Å². The van der Waals surface area contributed by atoms with Gasteiger partial charge in [0.2, 0.25) is 0 Å². The minimum absolute atomic E-state index is 0.0270. The molecule has 3 heterocycles. The Labute approximate surface area is 521 Å². The molecule has 14 rings (SSSR count). The Hall–Kier alpha value is -9.12. The lowest BCUT2D eigenvalue weighted by molar-refractivity contribution is 0.589. The van der Waals surface area contributed by atoms with E-state index in [4.69, 9.17) is 5.48 Å². The van der Waals surface area contributed by atoms with E-state index < -0.39 is 36.3 Å². The molecule has 0 saturated carbocycles. The largest absolute Gasteiger partial charge is 0.310 e. The minimum Gasteiger partial charge on any atom is -0.310 e. The summed E-state index contributed by atoms with van der Waals surface area (Å²) < 4.78 is 76.3. The lowest BCUT2D eigenvalue weighted by Gasteiger charge is -2.47. The van der Waals surface area contributed by atoms with E-state index in [1.54, 1.807) is 4.57 Å². The van der Waals surface area contributed by atoms with Gasteiger partial charge in [0.1, 0.15) is 0 Å². The van der Waals surface area contributed by atoms with Crippen LogP contribution < -0.4 is 26.2 Å². The number of para-hydroxylation sites is 2. The summed E-state index contributed by atoms with van der Waals surface area (Å²) in [5.41, 5.74) is 21.4. The average molecular weight is 1120 g/mol. The van der Waals surface area contributed by atoms with Gasteiger partial charge in [0, 0.05) is 61.5 Å². The molecule has 86 heavy (non-hydrogen) atoms. The molecule has 3 nitrogen and oxygen atoms in total. The first-order chi connectivity index (χ1) is 44.5. The monoisotopic (exact) mass is 1120 g/mol. The molecule has 0 fully saturated rings. The van der Waals surface area contributed by atoms with Gasteiger partial charge in [-0.3, -0.25) is 0 Å². The highest BCUT2D eigenvalue weighted by Crippen LogP contribution is 2.55. The molecule has 0 saturated heterocycles. The fraction of sp³-hybridized carbons (Fsp3) is 0.195. The molecule has 11 aromatic carbocycles. The maximum Gasteiger partial charge on any atom is 0.252 e. The SMILES string of the molecule is [2H]c1c([2H])c([2H])c2c(c1[2H])c1c([2H])c([2H])c([2H])c([2H])c1n2-c1ccc2c(c1)N(c1c(-c3ccccc3)cc(C(C)(C)C)cc1-c1ccccc1)c1cc(C(C)(C)C)cc3c1B2c1ccc(C(C)(C)C)cc1N3c1c(-c2ccccc2)cc(C(C)(C)C)cc1-c1ccccc1. The van der Waals surface area contributed by atoms with Crippen LogP contribution in [0.2, 0.25) is 0 Å². The third-order valence-electron chi connectivity index (χ3n) is 17.8. The van der Waals surface area contributed by atoms with Crippen molar-refractivity contribution in [2.45, 2.75) is 105 Å². The van der Waals surface area contributed by atoms with Crippen molar-refractivity contribution in [3.63, 3.8) is 0 Å². The topological polar surface area (TPSA) is 11.4 Å². The van der Waals surface area contributed by atoms with Gasteiger partial charge in [0.25, 0.3) is 6.71 Å². The molecule has 0 amide bonds. The van der Waals surface area contributed by atoms with E-state index in [-0.39, 0.29) is 62.2 Å². The molecule has 0 radical (unpaired) electrons. The van der Waals surface area contributed by atoms with E-state index in [1.807, 2.05) is 6.07 Å². The van der Waals surface area contributed by atoms with Crippen LogP contribution in [0.5, 0.6) is 0 Å². The number of anilines is 6. The van der Waals surface area contributed by atoms with Crippen LogP contribution >= 0.6 is 0 Å². The number of benzene rings is 11. The Morgan fingerprint density at radius 1 is 0.326 bits per heavy atom. The highest BCUT2D eigenvalue weighted by atomic mass is 15.2. The van der Waals surface area contributed by atoms with E-state index in [9.17, 15) is 5.48 Å². The van der Waals surface area contributed by atoms with Crippen molar-refractivity contribution in [3.05, 3.63) is 265 Å². The quantitative estimate of drug-likeness (QED) is 0.147. The van der Waals surface area contributed by atoms with Crippen LogP contribution in [0, 0.1) is 0 Å². The van der Waals surface area contributed by atoms with Crippen LogP contribution in [-0.2, 0) is 21.7 Å². The summed E-state index contributed by atoms with van der Waals surface area (Å²) >= 11 is 0. The van der Waals surface area contributed by atoms with Crippen molar-refractivity contribution >= 4 is 79.0 Å². The molecule has 0 N–H and O–H groups in total. The first kappa shape index (κ1) is 46.2. The number of fused-ring (bicyclic) bond motifs is 7. The van der Waals surface area contributed by atoms with E-state index in [0.717, 1.165) is 106 Å². The second-order valence-electron chi connectivity index (χ2n) is 27.6. The highest BCUT2D eigenvalue weighted by molar-refractivity contribution is 7.00. The maximum atomic E-state index is 9.72. The van der Waals surface area contributed by atoms with E-state index in [1.165, 1.54) is 11.1 Å². The zero-order valence-corrected chi connectivity index (χ0v) is 51.4. The summed E-state index contributed by atoms with van der Waals surface area (Å²) in [5, 5.41) is 0.0539. The molecule has 0 unspecified atom stereocenters. The number of hydrogen-bond donors (Lipinski definition) is 0. The van der Waals surface area contributed by atoms with Crippen molar-refractivity contribution in [3.8, 4) is 50.2 Å². The second kappa shape index (κ2) is 20.3. The number of nitrogens with zero attached hydrogens (tertiary/aromatic N) is 3. The molecule has 12 aromatic rings. The van der Waals surface area contributed by atoms with Crippen molar-refractivity contribution in [2.75, 3.05) is 9.80 Å². The molecule has 0 spiro atoms. The van der Waals surface area contributed by atoms with Crippen LogP contribution in [-0.4, -0.2) is 11.3 Å². The summed E-state index contributed by atoms with van der Waals surface area (Å²) in [7, 11) is 0. The summed E-state index contributed by atoms with van der Waals surface area (Å²) in [6, 6.07) is 67.3. The van der Waals surface area contributed by atoms with Gasteiger partial charge in [0.15, 0.2) is 0 Å². The molecule has 4 heteroatoms. The second-order valence-corrected chi connectivity index (χ2v) is 27.6. The summed E-state index contributed by atoms with van der Waals surface area (Å²) in [5.74, 6) is 0. The smallest absolute Gasteiger partial charge is 0.252 e. The molecule has 0 atom stereocenters. The summed E-state index contributed by atoms with van der Waals surface area (Å²) in [4.78, 5) is 5.06. The molecule has 1 aromatic heterocycles. The maximum absolute atomic E-state index is 9.72. The molecule has 0 aliphatic carbocycles. The third-order valence-corrected chi connectivity index (χ3v) is 17.8. The normalized spacial score (nSPS) is 14.6. The number of rotatable bonds is 7. The van der Waals surface area contributed by atoms with Crippen molar-refractivity contribution in [2.24, 2.45) is 0 Å². The van der Waals surface area contributed by atoms with Gasteiger partial charge in [-0.1, -0.05) is 259 Å². The molecule has 422 valence electrons. The van der Waals surface area contributed by atoms with Gasteiger partial charge in [-0.25, -0.2) is 0 Å². The predicted molar refractivity (Wildman–Crippen MR) is 371 cm³/mol. The van der Waals surface area contributed by atoms with Gasteiger partial charge >= 0.3 is 0 Å². The molecular weight excluding hydrogens is 1040 g/mol. The summed E-state index contributed by atoms with van der Waals surface area (Å²) in [6.07, 6.45) is 0. The van der Waals surface area contributed by atoms with Crippen molar-refractivity contribution in [1.29, 1.82) is 0 Å². The van der Waals surface area contributed by atoms with Crippen LogP contribution in [0.4, 0.5) is 34.1 Å². The van der Waals surface area contributed by atoms with Crippen molar-refractivity contribution in [1.82, 2.24) is 4.57 Å². The van der Waals surface area contributed by atoms with Crippen molar-refractivity contribution < 1.29 is 11.0 Å². The Bertz CT molecular complexity index is 4900. The van der Waals surface area contributed by atoms with Gasteiger partial charge < -0.3 is 14.4 Å². The number of aromatic nitrogens is 1. The minimum atomic E-state index is -0.486. The van der Waals surface area contributed by atoms with Gasteiger partial charge in [-0.05, 0) is 149 Å². The van der Waals surface area contributed by atoms with Gasteiger partial charge in [-0.2, -0.15) is 0 Å². The Morgan fingerprint density at radius 2 is 0.651 bits per heavy atom. The lowest BCUT2D eigenvalue weighted by Crippen LogP contribution is -2.61. The van der Waals surface area contributed by atoms with E-state index in [2.05, 4.69) is 281 Å². The fourth-order valence-corrected chi connectivity index (χ4v) is 13.1. The lowest BCUT2D eigenvalue weighted by atomic mass is 9.33. The van der Waals surface area contributed by atoms with Crippen LogP contribution in [0.15, 0.2) is 242 Å². The van der Waals surface area contributed by atoms with Gasteiger partial charge in [0.05, 0.1) is 33.4 Å². The Kier molecular flexibility index (Phi) is 10.9.